The molecule has 178 valence electrons. The fraction of sp³-hybridized carbons (Fsp3) is 0.480. The zero-order chi connectivity index (χ0) is 23.7. The Morgan fingerprint density at radius 2 is 1.76 bits per heavy atom. The number of nitrogens with one attached hydrogen (secondary N) is 1. The number of nitrogens with zero attached hydrogens (tertiary/aromatic N) is 2. The third-order valence-corrected chi connectivity index (χ3v) is 6.90. The van der Waals surface area contributed by atoms with Crippen LogP contribution in [0.25, 0.3) is 11.0 Å². The van der Waals surface area contributed by atoms with Gasteiger partial charge >= 0.3 is 5.69 Å². The second-order valence-electron chi connectivity index (χ2n) is 8.73. The molecule has 3 aromatic rings. The molecule has 0 spiro atoms. The summed E-state index contributed by atoms with van der Waals surface area (Å²) in [6, 6.07) is 11.6. The normalized spacial score (nSPS) is 21.0. The summed E-state index contributed by atoms with van der Waals surface area (Å²) >= 11 is 0. The lowest BCUT2D eigenvalue weighted by molar-refractivity contribution is 0.00992. The molecule has 2 N–H and O–H groups in total. The molecule has 4 unspecified atom stereocenters. The number of aliphatic hydroxyl groups is 1. The number of aromatic amines is 1. The van der Waals surface area contributed by atoms with Crippen LogP contribution in [0.1, 0.15) is 44.4 Å². The van der Waals surface area contributed by atoms with E-state index in [1.54, 1.807) is 33.5 Å². The van der Waals surface area contributed by atoms with Crippen molar-refractivity contribution in [2.24, 2.45) is 0 Å². The van der Waals surface area contributed by atoms with Crippen LogP contribution in [0.15, 0.2) is 41.2 Å². The molecular formula is C25H33N3O5. The average molecular weight is 456 g/mol. The minimum absolute atomic E-state index is 0.0626. The van der Waals surface area contributed by atoms with Crippen molar-refractivity contribution in [3.63, 3.8) is 0 Å². The van der Waals surface area contributed by atoms with E-state index in [0.29, 0.717) is 22.8 Å². The number of hydrogen-bond donors (Lipinski definition) is 2. The third kappa shape index (κ3) is 4.20. The fourth-order valence-electron chi connectivity index (χ4n) is 5.17. The number of benzene rings is 2. The van der Waals surface area contributed by atoms with E-state index in [4.69, 9.17) is 14.2 Å². The van der Waals surface area contributed by atoms with Gasteiger partial charge in [0.15, 0.2) is 11.5 Å². The Kier molecular flexibility index (Phi) is 6.67. The molecule has 1 fully saturated rings. The van der Waals surface area contributed by atoms with Gasteiger partial charge < -0.3 is 24.3 Å². The highest BCUT2D eigenvalue weighted by Gasteiger charge is 2.34. The van der Waals surface area contributed by atoms with Crippen LogP contribution in [0.5, 0.6) is 17.2 Å². The smallest absolute Gasteiger partial charge is 0.326 e. The number of likely N-dealkylation sites (tertiary alicyclic amines) is 1. The summed E-state index contributed by atoms with van der Waals surface area (Å²) in [4.78, 5) is 17.9. The van der Waals surface area contributed by atoms with Gasteiger partial charge in [-0.25, -0.2) is 4.79 Å². The van der Waals surface area contributed by atoms with Crippen LogP contribution in [0.3, 0.4) is 0 Å². The second-order valence-corrected chi connectivity index (χ2v) is 8.73. The minimum atomic E-state index is -0.742. The Morgan fingerprint density at radius 3 is 2.36 bits per heavy atom. The summed E-state index contributed by atoms with van der Waals surface area (Å²) in [6.45, 7) is 4.97. The first kappa shape index (κ1) is 23.2. The summed E-state index contributed by atoms with van der Waals surface area (Å²) in [5.74, 6) is 1.54. The first-order chi connectivity index (χ1) is 15.9. The Labute approximate surface area is 193 Å². The van der Waals surface area contributed by atoms with E-state index in [2.05, 4.69) is 16.8 Å². The van der Waals surface area contributed by atoms with Crippen molar-refractivity contribution in [1.29, 1.82) is 0 Å². The van der Waals surface area contributed by atoms with E-state index in [9.17, 15) is 9.90 Å². The molecule has 1 aromatic heterocycles. The number of hydrogen-bond acceptors (Lipinski definition) is 6. The standard InChI is InChI=1S/C25H33N3O5/c1-15-12-18(28-20-9-7-6-8-19(20)26-25(28)30)10-11-27(15)16(2)23(29)17-13-21(31-3)24(33-5)22(14-17)32-4/h6-9,13-16,18,23,29H,10-12H2,1-5H3,(H,26,30). The fourth-order valence-corrected chi connectivity index (χ4v) is 5.17. The molecule has 1 aliphatic heterocycles. The minimum Gasteiger partial charge on any atom is -0.493 e. The number of imidazole rings is 1. The van der Waals surface area contributed by atoms with Crippen molar-refractivity contribution in [2.45, 2.75) is 50.9 Å². The molecule has 0 saturated carbocycles. The van der Waals surface area contributed by atoms with E-state index < -0.39 is 6.10 Å². The van der Waals surface area contributed by atoms with Gasteiger partial charge in [0.25, 0.3) is 0 Å². The number of rotatable bonds is 7. The van der Waals surface area contributed by atoms with E-state index in [1.807, 2.05) is 35.8 Å². The lowest BCUT2D eigenvalue weighted by Crippen LogP contribution is -2.49. The van der Waals surface area contributed by atoms with Gasteiger partial charge in [0, 0.05) is 24.7 Å². The Morgan fingerprint density at radius 1 is 1.09 bits per heavy atom. The van der Waals surface area contributed by atoms with Crippen LogP contribution >= 0.6 is 0 Å². The Balaban J connectivity index is 1.54. The monoisotopic (exact) mass is 455 g/mol. The van der Waals surface area contributed by atoms with Crippen LogP contribution in [0, 0.1) is 0 Å². The molecular weight excluding hydrogens is 422 g/mol. The van der Waals surface area contributed by atoms with Gasteiger partial charge in [-0.05, 0) is 56.5 Å². The number of H-pyrrole nitrogens is 1. The number of aromatic nitrogens is 2. The Hall–Kier alpha value is -2.97. The molecule has 4 rings (SSSR count). The number of piperidine rings is 1. The van der Waals surface area contributed by atoms with E-state index in [1.165, 1.54) is 0 Å². The first-order valence-corrected chi connectivity index (χ1v) is 11.3. The van der Waals surface area contributed by atoms with Crippen LogP contribution in [0.2, 0.25) is 0 Å². The SMILES string of the molecule is COc1cc(C(O)C(C)N2CCC(n3c(=O)[nH]c4ccccc43)CC2C)cc(OC)c1OC. The molecule has 1 aliphatic rings. The van der Waals surface area contributed by atoms with E-state index >= 15 is 0 Å². The maximum Gasteiger partial charge on any atom is 0.326 e. The molecule has 2 aromatic carbocycles. The summed E-state index contributed by atoms with van der Waals surface area (Å²) in [5, 5.41) is 11.2. The van der Waals surface area contributed by atoms with Gasteiger partial charge in [-0.3, -0.25) is 9.47 Å². The highest BCUT2D eigenvalue weighted by molar-refractivity contribution is 5.75. The molecule has 1 saturated heterocycles. The lowest BCUT2D eigenvalue weighted by Gasteiger charge is -2.43. The van der Waals surface area contributed by atoms with Gasteiger partial charge in [0.2, 0.25) is 5.75 Å². The highest BCUT2D eigenvalue weighted by atomic mass is 16.5. The zero-order valence-corrected chi connectivity index (χ0v) is 19.9. The highest BCUT2D eigenvalue weighted by Crippen LogP contribution is 2.41. The van der Waals surface area contributed by atoms with Crippen molar-refractivity contribution >= 4 is 11.0 Å². The molecule has 0 aliphatic carbocycles. The number of aliphatic hydroxyl groups excluding tert-OH is 1. The van der Waals surface area contributed by atoms with Crippen LogP contribution in [-0.2, 0) is 0 Å². The van der Waals surface area contributed by atoms with Crippen LogP contribution in [0.4, 0.5) is 0 Å². The van der Waals surface area contributed by atoms with Crippen molar-refractivity contribution in [3.8, 4) is 17.2 Å². The van der Waals surface area contributed by atoms with Crippen LogP contribution < -0.4 is 19.9 Å². The van der Waals surface area contributed by atoms with Gasteiger partial charge in [-0.2, -0.15) is 0 Å². The van der Waals surface area contributed by atoms with Crippen molar-refractivity contribution in [3.05, 3.63) is 52.4 Å². The molecule has 8 heteroatoms. The Bertz CT molecular complexity index is 1150. The molecule has 2 heterocycles. The largest absolute Gasteiger partial charge is 0.493 e. The summed E-state index contributed by atoms with van der Waals surface area (Å²) < 4.78 is 18.2. The average Bonchev–Trinajstić information content (AvgIpc) is 3.17. The van der Waals surface area contributed by atoms with Gasteiger partial charge in [-0.1, -0.05) is 12.1 Å². The maximum absolute atomic E-state index is 12.6. The predicted octanol–water partition coefficient (Wildman–Crippen LogP) is 3.50. The molecule has 4 atom stereocenters. The lowest BCUT2D eigenvalue weighted by atomic mass is 9.93. The van der Waals surface area contributed by atoms with Gasteiger partial charge in [0.1, 0.15) is 0 Å². The number of ether oxygens (including phenoxy) is 3. The number of para-hydroxylation sites is 2. The summed E-state index contributed by atoms with van der Waals surface area (Å²) in [7, 11) is 4.69. The maximum atomic E-state index is 12.6. The van der Waals surface area contributed by atoms with Gasteiger partial charge in [-0.15, -0.1) is 0 Å². The van der Waals surface area contributed by atoms with Crippen molar-refractivity contribution < 1.29 is 19.3 Å². The molecule has 0 radical (unpaired) electrons. The summed E-state index contributed by atoms with van der Waals surface area (Å²) in [6.07, 6.45) is 0.917. The summed E-state index contributed by atoms with van der Waals surface area (Å²) in [5.41, 5.74) is 2.45. The number of fused-ring (bicyclic) bond motifs is 1. The van der Waals surface area contributed by atoms with E-state index in [0.717, 1.165) is 30.4 Å². The topological polar surface area (TPSA) is 89.0 Å². The molecule has 0 amide bonds. The van der Waals surface area contributed by atoms with Crippen molar-refractivity contribution in [1.82, 2.24) is 14.5 Å². The first-order valence-electron chi connectivity index (χ1n) is 11.3. The van der Waals surface area contributed by atoms with E-state index in [-0.39, 0.29) is 23.8 Å². The van der Waals surface area contributed by atoms with Crippen LogP contribution in [-0.4, -0.2) is 59.5 Å². The second kappa shape index (κ2) is 9.49. The van der Waals surface area contributed by atoms with Crippen molar-refractivity contribution in [2.75, 3.05) is 27.9 Å². The molecule has 0 bridgehead atoms. The molecule has 33 heavy (non-hydrogen) atoms. The predicted molar refractivity (Wildman–Crippen MR) is 128 cm³/mol. The quantitative estimate of drug-likeness (QED) is 0.567. The third-order valence-electron chi connectivity index (χ3n) is 6.90. The zero-order valence-electron chi connectivity index (χ0n) is 19.9. The number of methoxy groups -OCH3 is 3. The molecule has 8 nitrogen and oxygen atoms in total. The van der Waals surface area contributed by atoms with Gasteiger partial charge in [0.05, 0.1) is 38.5 Å².